The number of hydrogen-bond donors (Lipinski definition) is 1. The summed E-state index contributed by atoms with van der Waals surface area (Å²) in [6.45, 7) is 2.61. The number of carbonyl (C=O) groups is 1. The van der Waals surface area contributed by atoms with Gasteiger partial charge in [-0.05, 0) is 24.1 Å². The lowest BCUT2D eigenvalue weighted by molar-refractivity contribution is -0.132. The molecule has 0 aromatic heterocycles. The molecule has 1 unspecified atom stereocenters. The van der Waals surface area contributed by atoms with E-state index in [0.29, 0.717) is 24.7 Å². The summed E-state index contributed by atoms with van der Waals surface area (Å²) in [6.07, 6.45) is 0. The molecule has 3 aromatic rings. The van der Waals surface area contributed by atoms with E-state index < -0.39 is 5.54 Å². The van der Waals surface area contributed by atoms with E-state index in [1.807, 2.05) is 79.7 Å². The SMILES string of the molecule is COc1cc2c(cc1OC)C(C)(NOCc1ccccc1)C(=O)N2Cc1ccccc1. The molecule has 0 spiro atoms. The van der Waals surface area contributed by atoms with Gasteiger partial charge in [0.15, 0.2) is 11.5 Å². The van der Waals surface area contributed by atoms with Gasteiger partial charge in [0.05, 0.1) is 33.1 Å². The van der Waals surface area contributed by atoms with Crippen molar-refractivity contribution in [1.82, 2.24) is 5.48 Å². The predicted octanol–water partition coefficient (Wildman–Crippen LogP) is 4.19. The first-order chi connectivity index (χ1) is 15.1. The molecule has 6 heteroatoms. The highest BCUT2D eigenvalue weighted by Gasteiger charge is 2.48. The molecule has 0 saturated carbocycles. The molecule has 0 aliphatic carbocycles. The molecular weight excluding hydrogens is 392 g/mol. The van der Waals surface area contributed by atoms with Gasteiger partial charge in [0.1, 0.15) is 5.54 Å². The average Bonchev–Trinajstić information content (AvgIpc) is 3.01. The summed E-state index contributed by atoms with van der Waals surface area (Å²) in [5.74, 6) is 1.03. The molecule has 1 aliphatic heterocycles. The number of nitrogens with one attached hydrogen (secondary N) is 1. The number of nitrogens with zero attached hydrogens (tertiary/aromatic N) is 1. The van der Waals surface area contributed by atoms with E-state index in [-0.39, 0.29) is 5.91 Å². The van der Waals surface area contributed by atoms with E-state index >= 15 is 0 Å². The number of rotatable bonds is 8. The third-order valence-corrected chi connectivity index (χ3v) is 5.55. The lowest BCUT2D eigenvalue weighted by Gasteiger charge is -2.25. The maximum atomic E-state index is 13.6. The number of methoxy groups -OCH3 is 2. The van der Waals surface area contributed by atoms with Crippen molar-refractivity contribution in [2.45, 2.75) is 25.6 Å². The lowest BCUT2D eigenvalue weighted by Crippen LogP contribution is -2.48. The summed E-state index contributed by atoms with van der Waals surface area (Å²) in [5.41, 5.74) is 5.55. The fourth-order valence-corrected chi connectivity index (χ4v) is 3.85. The molecule has 1 aliphatic rings. The fraction of sp³-hybridized carbons (Fsp3) is 0.240. The number of carbonyl (C=O) groups excluding carboxylic acids is 1. The number of amides is 1. The molecule has 0 fully saturated rings. The third kappa shape index (κ3) is 4.00. The van der Waals surface area contributed by atoms with Crippen LogP contribution in [0.5, 0.6) is 11.5 Å². The number of ether oxygens (including phenoxy) is 2. The molecule has 0 bridgehead atoms. The second-order valence-corrected chi connectivity index (χ2v) is 7.60. The maximum absolute atomic E-state index is 13.6. The van der Waals surface area contributed by atoms with Crippen LogP contribution in [0, 0.1) is 0 Å². The quantitative estimate of drug-likeness (QED) is 0.556. The topological polar surface area (TPSA) is 60.0 Å². The standard InChI is InChI=1S/C25H26N2O4/c1-25(26-31-17-19-12-8-5-9-13-19)20-14-22(29-2)23(30-3)15-21(20)27(24(25)28)16-18-10-6-4-7-11-18/h4-15,26H,16-17H2,1-3H3. The fourth-order valence-electron chi connectivity index (χ4n) is 3.85. The molecule has 31 heavy (non-hydrogen) atoms. The third-order valence-electron chi connectivity index (χ3n) is 5.55. The highest BCUT2D eigenvalue weighted by atomic mass is 16.6. The Morgan fingerprint density at radius 1 is 0.871 bits per heavy atom. The van der Waals surface area contributed by atoms with E-state index in [2.05, 4.69) is 5.48 Å². The molecule has 1 atom stereocenters. The second kappa shape index (κ2) is 8.79. The van der Waals surface area contributed by atoms with Crippen molar-refractivity contribution < 1.29 is 19.1 Å². The molecule has 1 heterocycles. The largest absolute Gasteiger partial charge is 0.493 e. The molecule has 1 N–H and O–H groups in total. The van der Waals surface area contributed by atoms with E-state index in [1.165, 1.54) is 0 Å². The Balaban J connectivity index is 1.68. The number of benzene rings is 3. The van der Waals surface area contributed by atoms with Gasteiger partial charge in [0.25, 0.3) is 5.91 Å². The van der Waals surface area contributed by atoms with E-state index in [1.54, 1.807) is 19.1 Å². The van der Waals surface area contributed by atoms with Crippen LogP contribution in [0.15, 0.2) is 72.8 Å². The van der Waals surface area contributed by atoms with Crippen molar-refractivity contribution in [3.05, 3.63) is 89.5 Å². The van der Waals surface area contributed by atoms with Gasteiger partial charge >= 0.3 is 0 Å². The van der Waals surface area contributed by atoms with Crippen molar-refractivity contribution in [2.75, 3.05) is 19.1 Å². The molecule has 0 saturated heterocycles. The number of anilines is 1. The van der Waals surface area contributed by atoms with Gasteiger partial charge in [-0.2, -0.15) is 5.48 Å². The van der Waals surface area contributed by atoms with E-state index in [4.69, 9.17) is 14.3 Å². The van der Waals surface area contributed by atoms with Crippen molar-refractivity contribution >= 4 is 11.6 Å². The highest BCUT2D eigenvalue weighted by molar-refractivity contribution is 6.07. The molecule has 160 valence electrons. The van der Waals surface area contributed by atoms with Crippen LogP contribution in [-0.4, -0.2) is 20.1 Å². The summed E-state index contributed by atoms with van der Waals surface area (Å²) >= 11 is 0. The van der Waals surface area contributed by atoms with Crippen molar-refractivity contribution in [3.8, 4) is 11.5 Å². The number of fused-ring (bicyclic) bond motifs is 1. The van der Waals surface area contributed by atoms with Crippen LogP contribution in [0.3, 0.4) is 0 Å². The van der Waals surface area contributed by atoms with Crippen LogP contribution in [0.2, 0.25) is 0 Å². The first-order valence-electron chi connectivity index (χ1n) is 10.1. The van der Waals surface area contributed by atoms with Gasteiger partial charge < -0.3 is 14.4 Å². The van der Waals surface area contributed by atoms with Crippen molar-refractivity contribution in [2.24, 2.45) is 0 Å². The smallest absolute Gasteiger partial charge is 0.254 e. The van der Waals surface area contributed by atoms with Gasteiger partial charge in [-0.3, -0.25) is 9.63 Å². The summed E-state index contributed by atoms with van der Waals surface area (Å²) in [4.78, 5) is 21.2. The Kier molecular flexibility index (Phi) is 5.93. The Labute approximate surface area is 182 Å². The summed E-state index contributed by atoms with van der Waals surface area (Å²) < 4.78 is 11.0. The zero-order valence-electron chi connectivity index (χ0n) is 17.9. The van der Waals surface area contributed by atoms with Crippen LogP contribution in [0.1, 0.15) is 23.6 Å². The summed E-state index contributed by atoms with van der Waals surface area (Å²) in [5, 5.41) is 0. The Morgan fingerprint density at radius 3 is 2.06 bits per heavy atom. The highest BCUT2D eigenvalue weighted by Crippen LogP contribution is 2.46. The molecule has 6 nitrogen and oxygen atoms in total. The van der Waals surface area contributed by atoms with Gasteiger partial charge in [-0.25, -0.2) is 0 Å². The minimum atomic E-state index is -1.07. The molecule has 3 aromatic carbocycles. The zero-order valence-corrected chi connectivity index (χ0v) is 17.9. The summed E-state index contributed by atoms with van der Waals surface area (Å²) in [7, 11) is 3.17. The van der Waals surface area contributed by atoms with Gasteiger partial charge in [-0.15, -0.1) is 0 Å². The maximum Gasteiger partial charge on any atom is 0.254 e. The molecule has 1 amide bonds. The minimum Gasteiger partial charge on any atom is -0.493 e. The zero-order chi connectivity index (χ0) is 21.8. The van der Waals surface area contributed by atoms with Crippen LogP contribution in [0.25, 0.3) is 0 Å². The first-order valence-corrected chi connectivity index (χ1v) is 10.1. The van der Waals surface area contributed by atoms with Gasteiger partial charge in [0, 0.05) is 11.6 Å². The van der Waals surface area contributed by atoms with Crippen molar-refractivity contribution in [1.29, 1.82) is 0 Å². The average molecular weight is 418 g/mol. The number of hydrogen-bond acceptors (Lipinski definition) is 5. The van der Waals surface area contributed by atoms with E-state index in [0.717, 1.165) is 22.4 Å². The Morgan fingerprint density at radius 2 is 1.45 bits per heavy atom. The van der Waals surface area contributed by atoms with Crippen LogP contribution < -0.4 is 19.9 Å². The predicted molar refractivity (Wildman–Crippen MR) is 119 cm³/mol. The molecule has 0 radical (unpaired) electrons. The van der Waals surface area contributed by atoms with Crippen LogP contribution in [-0.2, 0) is 28.3 Å². The van der Waals surface area contributed by atoms with Gasteiger partial charge in [-0.1, -0.05) is 60.7 Å². The summed E-state index contributed by atoms with van der Waals surface area (Å²) in [6, 6.07) is 23.4. The monoisotopic (exact) mass is 418 g/mol. The molecular formula is C25H26N2O4. The Hall–Kier alpha value is -3.35. The van der Waals surface area contributed by atoms with Crippen molar-refractivity contribution in [3.63, 3.8) is 0 Å². The lowest BCUT2D eigenvalue weighted by atomic mass is 9.94. The van der Waals surface area contributed by atoms with Crippen LogP contribution >= 0.6 is 0 Å². The van der Waals surface area contributed by atoms with Gasteiger partial charge in [0.2, 0.25) is 0 Å². The molecule has 4 rings (SSSR count). The van der Waals surface area contributed by atoms with E-state index in [9.17, 15) is 4.79 Å². The number of hydroxylamine groups is 1. The second-order valence-electron chi connectivity index (χ2n) is 7.60. The normalized spacial score (nSPS) is 17.5. The van der Waals surface area contributed by atoms with Crippen LogP contribution in [0.4, 0.5) is 5.69 Å². The minimum absolute atomic E-state index is 0.102. The Bertz CT molecular complexity index is 1060. The first kappa shape index (κ1) is 20.9.